The average Bonchev–Trinajstić information content (AvgIpc) is 2.98. The summed E-state index contributed by atoms with van der Waals surface area (Å²) in [4.78, 5) is 38.5. The highest BCUT2D eigenvalue weighted by Gasteiger charge is 2.21. The lowest BCUT2D eigenvalue weighted by Crippen LogP contribution is -2.33. The van der Waals surface area contributed by atoms with E-state index in [2.05, 4.69) is 15.6 Å². The van der Waals surface area contributed by atoms with E-state index in [1.165, 1.54) is 5.38 Å². The van der Waals surface area contributed by atoms with E-state index in [-0.39, 0.29) is 16.9 Å². The van der Waals surface area contributed by atoms with Crippen molar-refractivity contribution in [3.63, 3.8) is 0 Å². The van der Waals surface area contributed by atoms with Crippen molar-refractivity contribution in [2.45, 2.75) is 0 Å². The number of carboxylic acid groups (broad SMARTS) is 1. The Bertz CT molecular complexity index is 495. The first-order valence-corrected chi connectivity index (χ1v) is 5.95. The molecule has 0 radical (unpaired) electrons. The first-order chi connectivity index (χ1) is 8.58. The molecule has 1 saturated heterocycles. The van der Waals surface area contributed by atoms with Gasteiger partial charge in [0.25, 0.3) is 5.78 Å². The van der Waals surface area contributed by atoms with Gasteiger partial charge in [0.15, 0.2) is 5.13 Å². The largest absolute Gasteiger partial charge is 0.475 e. The lowest BCUT2D eigenvalue weighted by atomic mass is 10.3. The summed E-state index contributed by atoms with van der Waals surface area (Å²) in [6, 6.07) is -0.330. The molecule has 2 rings (SSSR count). The van der Waals surface area contributed by atoms with Gasteiger partial charge in [0.1, 0.15) is 5.69 Å². The molecule has 2 amide bonds. The summed E-state index contributed by atoms with van der Waals surface area (Å²) in [5, 5.41) is 15.5. The number of aromatic nitrogens is 1. The zero-order chi connectivity index (χ0) is 13.1. The van der Waals surface area contributed by atoms with E-state index in [9.17, 15) is 14.4 Å². The third-order valence-corrected chi connectivity index (χ3v) is 3.05. The van der Waals surface area contributed by atoms with Crippen LogP contribution in [0.5, 0.6) is 0 Å². The number of hydrogen-bond acceptors (Lipinski definition) is 6. The van der Waals surface area contributed by atoms with Crippen LogP contribution in [-0.2, 0) is 4.79 Å². The number of carbonyl (C=O) groups is 3. The number of amides is 2. The predicted molar refractivity (Wildman–Crippen MR) is 62.7 cm³/mol. The second kappa shape index (κ2) is 5.10. The molecule has 0 saturated carbocycles. The van der Waals surface area contributed by atoms with E-state index in [1.54, 1.807) is 4.90 Å². The van der Waals surface area contributed by atoms with Crippen LogP contribution in [0.25, 0.3) is 0 Å². The van der Waals surface area contributed by atoms with Gasteiger partial charge in [0.05, 0.1) is 6.67 Å². The van der Waals surface area contributed by atoms with Gasteiger partial charge in [-0.15, -0.1) is 11.3 Å². The molecule has 1 aromatic heterocycles. The molecule has 18 heavy (non-hydrogen) atoms. The molecule has 9 heteroatoms. The number of rotatable bonds is 3. The highest BCUT2D eigenvalue weighted by molar-refractivity contribution is 7.14. The number of nitrogens with zero attached hydrogens (tertiary/aromatic N) is 2. The molecule has 0 aromatic carbocycles. The summed E-state index contributed by atoms with van der Waals surface area (Å²) in [7, 11) is 0. The fourth-order valence-corrected chi connectivity index (χ4v) is 2.08. The van der Waals surface area contributed by atoms with Crippen molar-refractivity contribution in [1.29, 1.82) is 0 Å². The lowest BCUT2D eigenvalue weighted by Gasteiger charge is -2.13. The van der Waals surface area contributed by atoms with Gasteiger partial charge in [-0.3, -0.25) is 15.4 Å². The third kappa shape index (κ3) is 2.63. The normalized spacial score (nSPS) is 14.6. The van der Waals surface area contributed by atoms with E-state index in [1.807, 2.05) is 0 Å². The molecule has 3 N–H and O–H groups in total. The number of urea groups is 1. The minimum absolute atomic E-state index is 0.178. The van der Waals surface area contributed by atoms with Crippen molar-refractivity contribution in [2.24, 2.45) is 0 Å². The molecule has 1 aliphatic rings. The monoisotopic (exact) mass is 270 g/mol. The van der Waals surface area contributed by atoms with E-state index in [0.29, 0.717) is 13.2 Å². The van der Waals surface area contributed by atoms with Gasteiger partial charge in [0.2, 0.25) is 0 Å². The number of anilines is 1. The minimum atomic E-state index is -1.57. The number of nitrogens with one attached hydrogen (secondary N) is 2. The standard InChI is InChI=1S/C9H10N4O4S/c14-6(7(15)16)5-3-18-8(11-5)12-9(17)13-2-1-10-4-13/h3,10H,1-2,4H2,(H,15,16)(H,11,12,17). The number of Topliss-reactive ketones (excluding diaryl/α,β-unsaturated/α-hetero) is 1. The Morgan fingerprint density at radius 3 is 2.89 bits per heavy atom. The van der Waals surface area contributed by atoms with Crippen molar-refractivity contribution in [2.75, 3.05) is 25.1 Å². The summed E-state index contributed by atoms with van der Waals surface area (Å²) < 4.78 is 0. The summed E-state index contributed by atoms with van der Waals surface area (Å²) >= 11 is 1.01. The Labute approximate surface area is 106 Å². The number of ketones is 1. The summed E-state index contributed by atoms with van der Waals surface area (Å²) in [5.74, 6) is -2.66. The lowest BCUT2D eigenvalue weighted by molar-refractivity contribution is -0.131. The van der Waals surface area contributed by atoms with Crippen LogP contribution >= 0.6 is 11.3 Å². The van der Waals surface area contributed by atoms with E-state index in [0.717, 1.165) is 17.9 Å². The molecule has 1 aromatic rings. The van der Waals surface area contributed by atoms with Gasteiger partial charge in [0, 0.05) is 18.5 Å². The number of carbonyl (C=O) groups excluding carboxylic acids is 2. The van der Waals surface area contributed by atoms with Gasteiger partial charge in [-0.05, 0) is 0 Å². The Morgan fingerprint density at radius 2 is 2.28 bits per heavy atom. The third-order valence-electron chi connectivity index (χ3n) is 2.29. The van der Waals surface area contributed by atoms with Gasteiger partial charge in [-0.1, -0.05) is 0 Å². The van der Waals surface area contributed by atoms with Crippen LogP contribution in [0.15, 0.2) is 5.38 Å². The fraction of sp³-hybridized carbons (Fsp3) is 0.333. The van der Waals surface area contributed by atoms with E-state index < -0.39 is 11.8 Å². The smallest absolute Gasteiger partial charge is 0.378 e. The van der Waals surface area contributed by atoms with Crippen molar-refractivity contribution < 1.29 is 19.5 Å². The molecule has 0 atom stereocenters. The van der Waals surface area contributed by atoms with Crippen LogP contribution in [0.3, 0.4) is 0 Å². The van der Waals surface area contributed by atoms with Gasteiger partial charge in [-0.2, -0.15) is 0 Å². The maximum Gasteiger partial charge on any atom is 0.378 e. The van der Waals surface area contributed by atoms with Crippen LogP contribution in [0, 0.1) is 0 Å². The Balaban J connectivity index is 2.00. The highest BCUT2D eigenvalue weighted by atomic mass is 32.1. The Hall–Kier alpha value is -2.00. The van der Waals surface area contributed by atoms with Crippen LogP contribution in [0.1, 0.15) is 10.5 Å². The maximum atomic E-state index is 11.7. The van der Waals surface area contributed by atoms with Crippen LogP contribution < -0.4 is 10.6 Å². The molecule has 0 spiro atoms. The summed E-state index contributed by atoms with van der Waals surface area (Å²) in [6.07, 6.45) is 0. The molecule has 8 nitrogen and oxygen atoms in total. The SMILES string of the molecule is O=C(O)C(=O)c1csc(NC(=O)N2CCNC2)n1. The molecule has 1 aliphatic heterocycles. The topological polar surface area (TPSA) is 112 Å². The Morgan fingerprint density at radius 1 is 1.50 bits per heavy atom. The summed E-state index contributed by atoms with van der Waals surface area (Å²) in [5.41, 5.74) is -0.178. The fourth-order valence-electron chi connectivity index (χ4n) is 1.40. The van der Waals surface area contributed by atoms with Gasteiger partial charge >= 0.3 is 12.0 Å². The van der Waals surface area contributed by atoms with Crippen molar-refractivity contribution in [1.82, 2.24) is 15.2 Å². The minimum Gasteiger partial charge on any atom is -0.475 e. The quantitative estimate of drug-likeness (QED) is 0.518. The number of hydrogen-bond donors (Lipinski definition) is 3. The molecule has 0 aliphatic carbocycles. The Kier molecular flexibility index (Phi) is 3.53. The molecule has 0 unspecified atom stereocenters. The summed E-state index contributed by atoms with van der Waals surface area (Å²) in [6.45, 7) is 1.78. The van der Waals surface area contributed by atoms with Gasteiger partial charge in [-0.25, -0.2) is 14.6 Å². The van der Waals surface area contributed by atoms with Gasteiger partial charge < -0.3 is 10.0 Å². The molecular formula is C9H10N4O4S. The number of aliphatic carboxylic acids is 1. The maximum absolute atomic E-state index is 11.7. The molecule has 0 bridgehead atoms. The number of carboxylic acids is 1. The average molecular weight is 270 g/mol. The molecular weight excluding hydrogens is 260 g/mol. The molecule has 96 valence electrons. The van der Waals surface area contributed by atoms with Crippen LogP contribution in [0.2, 0.25) is 0 Å². The highest BCUT2D eigenvalue weighted by Crippen LogP contribution is 2.16. The van der Waals surface area contributed by atoms with E-state index >= 15 is 0 Å². The zero-order valence-corrected chi connectivity index (χ0v) is 9.99. The van der Waals surface area contributed by atoms with E-state index in [4.69, 9.17) is 5.11 Å². The zero-order valence-electron chi connectivity index (χ0n) is 9.17. The number of thiazole rings is 1. The van der Waals surface area contributed by atoms with Crippen LogP contribution in [-0.4, -0.2) is 52.5 Å². The van der Waals surface area contributed by atoms with Crippen molar-refractivity contribution in [3.8, 4) is 0 Å². The van der Waals surface area contributed by atoms with Crippen LogP contribution in [0.4, 0.5) is 9.93 Å². The molecule has 2 heterocycles. The molecule has 1 fully saturated rings. The first kappa shape index (κ1) is 12.5. The predicted octanol–water partition coefficient (Wildman–Crippen LogP) is -0.195. The second-order valence-corrected chi connectivity index (χ2v) is 4.38. The van der Waals surface area contributed by atoms with Crippen molar-refractivity contribution >= 4 is 34.3 Å². The first-order valence-electron chi connectivity index (χ1n) is 5.07. The second-order valence-electron chi connectivity index (χ2n) is 3.52. The van der Waals surface area contributed by atoms with Crippen molar-refractivity contribution in [3.05, 3.63) is 11.1 Å².